The summed E-state index contributed by atoms with van der Waals surface area (Å²) < 4.78 is 32.9. The second-order valence-electron chi connectivity index (χ2n) is 6.31. The van der Waals surface area contributed by atoms with Crippen LogP contribution in [0.4, 0.5) is 5.13 Å². The smallest absolute Gasteiger partial charge is 0.263 e. The highest BCUT2D eigenvalue weighted by atomic mass is 32.2. The number of fused-ring (bicyclic) bond motifs is 1. The van der Waals surface area contributed by atoms with Crippen molar-refractivity contribution in [2.24, 2.45) is 0 Å². The second-order valence-corrected chi connectivity index (χ2v) is 8.97. The molecule has 4 aromatic rings. The van der Waals surface area contributed by atoms with Crippen LogP contribution in [0.25, 0.3) is 21.5 Å². The summed E-state index contributed by atoms with van der Waals surface area (Å²) in [4.78, 5) is 12.9. The highest BCUT2D eigenvalue weighted by Gasteiger charge is 2.19. The molecule has 0 unspecified atom stereocenters. The maximum Gasteiger partial charge on any atom is 0.263 e. The van der Waals surface area contributed by atoms with Gasteiger partial charge in [0.1, 0.15) is 11.8 Å². The summed E-state index contributed by atoms with van der Waals surface area (Å²) in [6.45, 7) is 3.76. The van der Waals surface area contributed by atoms with Crippen LogP contribution in [0.15, 0.2) is 62.8 Å². The van der Waals surface area contributed by atoms with Gasteiger partial charge in [-0.15, -0.1) is 10.2 Å². The predicted molar refractivity (Wildman–Crippen MR) is 108 cm³/mol. The van der Waals surface area contributed by atoms with E-state index in [2.05, 4.69) is 14.9 Å². The molecule has 142 valence electrons. The van der Waals surface area contributed by atoms with Gasteiger partial charge in [0.15, 0.2) is 5.01 Å². The Morgan fingerprint density at radius 2 is 1.71 bits per heavy atom. The number of aromatic nitrogens is 2. The number of sulfonamides is 1. The van der Waals surface area contributed by atoms with Crippen molar-refractivity contribution in [1.29, 1.82) is 0 Å². The van der Waals surface area contributed by atoms with Crippen molar-refractivity contribution in [2.45, 2.75) is 18.7 Å². The monoisotopic (exact) mass is 413 g/mol. The van der Waals surface area contributed by atoms with Crippen LogP contribution in [0, 0.1) is 13.8 Å². The van der Waals surface area contributed by atoms with E-state index >= 15 is 0 Å². The van der Waals surface area contributed by atoms with Gasteiger partial charge >= 0.3 is 0 Å². The lowest BCUT2D eigenvalue weighted by atomic mass is 10.1. The number of nitrogens with one attached hydrogen (secondary N) is 1. The Morgan fingerprint density at radius 1 is 1.00 bits per heavy atom. The van der Waals surface area contributed by atoms with Crippen LogP contribution in [-0.2, 0) is 10.0 Å². The Hall–Kier alpha value is -3.04. The van der Waals surface area contributed by atoms with Crippen LogP contribution in [0.2, 0.25) is 0 Å². The lowest BCUT2D eigenvalue weighted by molar-refractivity contribution is 0.601. The van der Waals surface area contributed by atoms with E-state index in [1.807, 2.05) is 19.9 Å². The Balaban J connectivity index is 1.68. The van der Waals surface area contributed by atoms with Crippen LogP contribution in [-0.4, -0.2) is 18.6 Å². The van der Waals surface area contributed by atoms with Crippen LogP contribution in [0.3, 0.4) is 0 Å². The van der Waals surface area contributed by atoms with Gasteiger partial charge in [0.25, 0.3) is 10.0 Å². The molecule has 0 radical (unpaired) electrons. The van der Waals surface area contributed by atoms with Gasteiger partial charge < -0.3 is 4.42 Å². The fraction of sp³-hybridized carbons (Fsp3) is 0.105. The van der Waals surface area contributed by atoms with E-state index in [1.54, 1.807) is 24.3 Å². The SMILES string of the molecule is Cc1ccc(S(=O)(=O)Nc2nnc(-c3coc4ccc(C)cc4c3=O)s2)cc1. The van der Waals surface area contributed by atoms with Crippen molar-refractivity contribution < 1.29 is 12.8 Å². The third-order valence-corrected chi connectivity index (χ3v) is 6.49. The molecule has 0 amide bonds. The molecule has 2 heterocycles. The molecule has 0 aliphatic heterocycles. The van der Waals surface area contributed by atoms with E-state index in [9.17, 15) is 13.2 Å². The Bertz CT molecular complexity index is 1340. The van der Waals surface area contributed by atoms with E-state index < -0.39 is 10.0 Å². The number of hydrogen-bond donors (Lipinski definition) is 1. The lowest BCUT2D eigenvalue weighted by Crippen LogP contribution is -2.12. The molecular weight excluding hydrogens is 398 g/mol. The maximum absolute atomic E-state index is 12.8. The van der Waals surface area contributed by atoms with Crippen LogP contribution in [0.1, 0.15) is 11.1 Å². The zero-order chi connectivity index (χ0) is 19.9. The van der Waals surface area contributed by atoms with E-state index in [4.69, 9.17) is 4.42 Å². The molecular formula is C19H15N3O4S2. The number of aryl methyl sites for hydroxylation is 2. The third kappa shape index (κ3) is 3.41. The van der Waals surface area contributed by atoms with Crippen LogP contribution in [0.5, 0.6) is 0 Å². The molecule has 0 bridgehead atoms. The second kappa shape index (κ2) is 6.84. The van der Waals surface area contributed by atoms with Gasteiger partial charge in [-0.1, -0.05) is 40.7 Å². The van der Waals surface area contributed by atoms with Crippen molar-refractivity contribution in [1.82, 2.24) is 10.2 Å². The maximum atomic E-state index is 12.8. The van der Waals surface area contributed by atoms with Gasteiger partial charge in [0.05, 0.1) is 15.8 Å². The Labute approximate surface area is 164 Å². The zero-order valence-corrected chi connectivity index (χ0v) is 16.6. The molecule has 28 heavy (non-hydrogen) atoms. The van der Waals surface area contributed by atoms with Gasteiger partial charge in [-0.2, -0.15) is 0 Å². The molecule has 1 N–H and O–H groups in total. The summed E-state index contributed by atoms with van der Waals surface area (Å²) in [6, 6.07) is 11.8. The van der Waals surface area contributed by atoms with Crippen molar-refractivity contribution in [3.05, 3.63) is 70.1 Å². The van der Waals surface area contributed by atoms with Gasteiger partial charge in [-0.05, 0) is 38.1 Å². The standard InChI is InChI=1S/C19H15N3O4S2/c1-11-3-6-13(7-4-11)28(24,25)22-19-21-20-18(27-19)15-10-26-16-8-5-12(2)9-14(16)17(15)23/h3-10H,1-2H3,(H,21,22). The molecule has 7 nitrogen and oxygen atoms in total. The van der Waals surface area contributed by atoms with Crippen molar-refractivity contribution in [3.8, 4) is 10.6 Å². The third-order valence-electron chi connectivity index (χ3n) is 4.14. The van der Waals surface area contributed by atoms with E-state index in [0.717, 1.165) is 22.5 Å². The molecule has 2 aromatic heterocycles. The van der Waals surface area contributed by atoms with E-state index in [-0.39, 0.29) is 26.0 Å². The minimum atomic E-state index is -3.79. The Morgan fingerprint density at radius 3 is 2.46 bits per heavy atom. The summed E-state index contributed by atoms with van der Waals surface area (Å²) in [7, 11) is -3.79. The van der Waals surface area contributed by atoms with Gasteiger partial charge in [-0.25, -0.2) is 8.42 Å². The fourth-order valence-electron chi connectivity index (χ4n) is 2.66. The molecule has 9 heteroatoms. The average molecular weight is 413 g/mol. The average Bonchev–Trinajstić information content (AvgIpc) is 3.10. The van der Waals surface area contributed by atoms with E-state index in [0.29, 0.717) is 11.0 Å². The fourth-order valence-corrected chi connectivity index (χ4v) is 4.63. The molecule has 4 rings (SSSR count). The van der Waals surface area contributed by atoms with Gasteiger partial charge in [0.2, 0.25) is 10.6 Å². The molecule has 0 fully saturated rings. The highest BCUT2D eigenvalue weighted by molar-refractivity contribution is 7.93. The minimum Gasteiger partial charge on any atom is -0.463 e. The summed E-state index contributed by atoms with van der Waals surface area (Å²) in [5.41, 5.74) is 2.35. The molecule has 2 aromatic carbocycles. The van der Waals surface area contributed by atoms with Crippen molar-refractivity contribution in [2.75, 3.05) is 4.72 Å². The summed E-state index contributed by atoms with van der Waals surface area (Å²) in [5.74, 6) is 0. The first-order chi connectivity index (χ1) is 13.3. The molecule has 0 saturated heterocycles. The normalized spacial score (nSPS) is 11.6. The predicted octanol–water partition coefficient (Wildman–Crippen LogP) is 3.73. The first-order valence-corrected chi connectivity index (χ1v) is 10.6. The molecule has 0 saturated carbocycles. The summed E-state index contributed by atoms with van der Waals surface area (Å²) in [6.07, 6.45) is 1.32. The largest absolute Gasteiger partial charge is 0.463 e. The van der Waals surface area contributed by atoms with E-state index in [1.165, 1.54) is 18.4 Å². The highest BCUT2D eigenvalue weighted by Crippen LogP contribution is 2.27. The zero-order valence-electron chi connectivity index (χ0n) is 15.0. The first kappa shape index (κ1) is 18.3. The topological polar surface area (TPSA) is 102 Å². The number of benzene rings is 2. The summed E-state index contributed by atoms with van der Waals surface area (Å²) in [5, 5.41) is 8.59. The van der Waals surface area contributed by atoms with Gasteiger partial charge in [-0.3, -0.25) is 9.52 Å². The Kier molecular flexibility index (Phi) is 4.48. The number of hydrogen-bond acceptors (Lipinski definition) is 7. The molecule has 0 spiro atoms. The molecule has 0 aliphatic carbocycles. The van der Waals surface area contributed by atoms with Gasteiger partial charge in [0, 0.05) is 0 Å². The number of anilines is 1. The number of rotatable bonds is 4. The van der Waals surface area contributed by atoms with Crippen LogP contribution < -0.4 is 10.2 Å². The van der Waals surface area contributed by atoms with Crippen molar-refractivity contribution >= 4 is 37.5 Å². The molecule has 0 atom stereocenters. The molecule has 0 aliphatic rings. The number of nitrogens with zero attached hydrogens (tertiary/aromatic N) is 2. The first-order valence-electron chi connectivity index (χ1n) is 8.29. The quantitative estimate of drug-likeness (QED) is 0.547. The lowest BCUT2D eigenvalue weighted by Gasteiger charge is -2.04. The van der Waals surface area contributed by atoms with Crippen molar-refractivity contribution in [3.63, 3.8) is 0 Å². The minimum absolute atomic E-state index is 0.0688. The van der Waals surface area contributed by atoms with Crippen LogP contribution >= 0.6 is 11.3 Å². The summed E-state index contributed by atoms with van der Waals surface area (Å²) >= 11 is 0.965.